The number of nitrogens with one attached hydrogen (secondary N) is 5. The molecular weight excluding hydrogens is 626 g/mol. The second-order valence-electron chi connectivity index (χ2n) is 11.6. The molecule has 0 bridgehead atoms. The van der Waals surface area contributed by atoms with Crippen LogP contribution in [0.5, 0.6) is 0 Å². The number of amides is 4. The van der Waals surface area contributed by atoms with E-state index in [1.165, 1.54) is 0 Å². The Bertz CT molecular complexity index is 1270. The zero-order valence-corrected chi connectivity index (χ0v) is 28.1. The van der Waals surface area contributed by atoms with Gasteiger partial charge in [0.25, 0.3) is 5.78 Å². The molecule has 0 spiro atoms. The van der Waals surface area contributed by atoms with Crippen LogP contribution in [-0.2, 0) is 35.3 Å². The van der Waals surface area contributed by atoms with E-state index in [9.17, 15) is 24.0 Å². The summed E-state index contributed by atoms with van der Waals surface area (Å²) < 4.78 is 5.28. The van der Waals surface area contributed by atoms with Crippen molar-refractivity contribution in [3.8, 4) is 0 Å². The lowest BCUT2D eigenvalue weighted by Crippen LogP contribution is -2.78. The van der Waals surface area contributed by atoms with E-state index in [0.29, 0.717) is 19.2 Å². The van der Waals surface area contributed by atoms with E-state index in [2.05, 4.69) is 31.0 Å². The lowest BCUT2D eigenvalue weighted by atomic mass is 9.99. The van der Waals surface area contributed by atoms with Crippen LogP contribution in [0.15, 0.2) is 30.3 Å². The predicted octanol–water partition coefficient (Wildman–Crippen LogP) is -2.78. The predicted molar refractivity (Wildman–Crippen MR) is 173 cm³/mol. The highest BCUT2D eigenvalue weighted by Gasteiger charge is 2.31. The molecule has 0 saturated carbocycles. The molecule has 0 aromatic heterocycles. The number of carbonyl (C=O) groups excluding carboxylic acids is 6. The molecule has 0 fully saturated rings. The van der Waals surface area contributed by atoms with E-state index >= 15 is 0 Å². The maximum absolute atomic E-state index is 13.4. The molecule has 0 radical (unpaired) electrons. The largest absolute Gasteiger partial charge is 0.550 e. The molecule has 0 heterocycles. The molecule has 1 rings (SSSR count). The van der Waals surface area contributed by atoms with Gasteiger partial charge in [-0.05, 0) is 50.0 Å². The van der Waals surface area contributed by atoms with Crippen molar-refractivity contribution in [2.24, 2.45) is 23.3 Å². The van der Waals surface area contributed by atoms with Crippen molar-refractivity contribution in [2.75, 3.05) is 13.1 Å². The Hall–Kier alpha value is -5.31. The lowest BCUT2D eigenvalue weighted by Gasteiger charge is -2.26. The number of alkyl carbamates (subject to hydrolysis) is 1. The van der Waals surface area contributed by atoms with E-state index in [1.807, 2.05) is 33.8 Å². The molecule has 0 aliphatic heterocycles. The van der Waals surface area contributed by atoms with Crippen LogP contribution < -0.4 is 42.8 Å². The Morgan fingerprint density at radius 2 is 1.42 bits per heavy atom. The van der Waals surface area contributed by atoms with Crippen molar-refractivity contribution in [2.45, 2.75) is 85.0 Å². The Balaban J connectivity index is 0.00000520. The number of carbonyl (C=O) groups is 6. The van der Waals surface area contributed by atoms with Crippen LogP contribution in [0.4, 0.5) is 4.79 Å². The van der Waals surface area contributed by atoms with E-state index in [-0.39, 0.29) is 43.7 Å². The number of hydrogen-bond acceptors (Lipinski definition) is 8. The number of guanidine groups is 1. The SMILES string of the molecule is CC(=O)[O-].CC(C)C[C@H](NC(=O)[C@H](CC(C)C)NC(=O)[C@H](CCC[NH+]=C(N)N)NC(=O)OCc1ccccc1)C(=O)NCC(=O)C=[N+]=[N-]. The highest BCUT2D eigenvalue weighted by molar-refractivity contribution is 6.26. The van der Waals surface area contributed by atoms with Gasteiger partial charge in [0.2, 0.25) is 17.7 Å². The van der Waals surface area contributed by atoms with Crippen molar-refractivity contribution in [3.63, 3.8) is 0 Å². The summed E-state index contributed by atoms with van der Waals surface area (Å²) in [6.07, 6.45) is 0.911. The number of aliphatic carboxylic acids is 1. The zero-order valence-electron chi connectivity index (χ0n) is 28.1. The van der Waals surface area contributed by atoms with Gasteiger partial charge < -0.3 is 41.4 Å². The quantitative estimate of drug-likeness (QED) is 0.0260. The van der Waals surface area contributed by atoms with E-state index in [0.717, 1.165) is 12.5 Å². The maximum atomic E-state index is 13.4. The molecule has 0 saturated heterocycles. The molecule has 0 aliphatic carbocycles. The number of Topliss-reactive ketones (excluding diaryl/α,β-unsaturated/α-hetero) is 1. The fraction of sp³-hybridized carbons (Fsp3) is 0.548. The minimum Gasteiger partial charge on any atom is -0.550 e. The highest BCUT2D eigenvalue weighted by atomic mass is 16.5. The third kappa shape index (κ3) is 21.4. The van der Waals surface area contributed by atoms with Crippen LogP contribution in [0, 0.1) is 11.8 Å². The first-order chi connectivity index (χ1) is 22.5. The van der Waals surface area contributed by atoms with Crippen LogP contribution in [0.25, 0.3) is 5.53 Å². The second-order valence-corrected chi connectivity index (χ2v) is 11.6. The normalized spacial score (nSPS) is 12.1. The first-order valence-electron chi connectivity index (χ1n) is 15.4. The molecule has 4 amide bonds. The van der Waals surface area contributed by atoms with Gasteiger partial charge in [-0.2, -0.15) is 4.79 Å². The number of carboxylic acids is 1. The minimum absolute atomic E-state index is 0.00258. The first-order valence-corrected chi connectivity index (χ1v) is 15.4. The monoisotopic (exact) mass is 675 g/mol. The molecule has 17 heteroatoms. The van der Waals surface area contributed by atoms with Crippen molar-refractivity contribution >= 4 is 47.7 Å². The Kier molecular flexibility index (Phi) is 21.3. The number of ketones is 1. The summed E-state index contributed by atoms with van der Waals surface area (Å²) in [7, 11) is 0. The molecule has 1 aromatic rings. The summed E-state index contributed by atoms with van der Waals surface area (Å²) in [6.45, 7) is 8.35. The van der Waals surface area contributed by atoms with E-state index in [1.54, 1.807) is 24.3 Å². The fourth-order valence-electron chi connectivity index (χ4n) is 4.07. The number of benzene rings is 1. The van der Waals surface area contributed by atoms with Crippen molar-refractivity contribution < 1.29 is 48.4 Å². The molecular formula is C31H49N9O8. The van der Waals surface area contributed by atoms with Crippen molar-refractivity contribution in [1.29, 1.82) is 0 Å². The van der Waals surface area contributed by atoms with Gasteiger partial charge in [0.15, 0.2) is 0 Å². The summed E-state index contributed by atoms with van der Waals surface area (Å²) in [5.41, 5.74) is 20.1. The number of hydrogen-bond donors (Lipinski definition) is 7. The van der Waals surface area contributed by atoms with Crippen LogP contribution in [0.2, 0.25) is 0 Å². The molecule has 48 heavy (non-hydrogen) atoms. The number of ether oxygens (including phenoxy) is 1. The Labute approximate surface area is 280 Å². The molecule has 0 unspecified atom stereocenters. The number of nitrogens with two attached hydrogens (primary N) is 2. The van der Waals surface area contributed by atoms with Gasteiger partial charge in [-0.15, -0.1) is 0 Å². The Morgan fingerprint density at radius 3 is 1.92 bits per heavy atom. The molecule has 17 nitrogen and oxygen atoms in total. The third-order valence-corrected chi connectivity index (χ3v) is 6.14. The van der Waals surface area contributed by atoms with Gasteiger partial charge in [-0.1, -0.05) is 58.0 Å². The second kappa shape index (κ2) is 23.9. The molecule has 0 aliphatic rings. The van der Waals surface area contributed by atoms with Gasteiger partial charge in [-0.25, -0.2) is 4.79 Å². The van der Waals surface area contributed by atoms with Gasteiger partial charge in [0.05, 0.1) is 13.1 Å². The average Bonchev–Trinajstić information content (AvgIpc) is 2.99. The first kappa shape index (κ1) is 42.7. The van der Waals surface area contributed by atoms with Crippen molar-refractivity contribution in [3.05, 3.63) is 41.4 Å². The summed E-state index contributed by atoms with van der Waals surface area (Å²) >= 11 is 0. The molecule has 266 valence electrons. The van der Waals surface area contributed by atoms with Crippen LogP contribution >= 0.6 is 0 Å². The van der Waals surface area contributed by atoms with Gasteiger partial charge >= 0.3 is 18.3 Å². The topological polar surface area (TPSA) is 285 Å². The summed E-state index contributed by atoms with van der Waals surface area (Å²) in [5.74, 6) is -3.55. The zero-order chi connectivity index (χ0) is 36.6. The third-order valence-electron chi connectivity index (χ3n) is 6.14. The Morgan fingerprint density at radius 1 is 0.896 bits per heavy atom. The van der Waals surface area contributed by atoms with Crippen LogP contribution in [0.1, 0.15) is 65.9 Å². The molecule has 9 N–H and O–H groups in total. The lowest BCUT2D eigenvalue weighted by molar-refractivity contribution is -0.459. The highest BCUT2D eigenvalue weighted by Crippen LogP contribution is 2.10. The molecule has 1 aromatic carbocycles. The van der Waals surface area contributed by atoms with Gasteiger partial charge in [0, 0.05) is 5.97 Å². The van der Waals surface area contributed by atoms with Gasteiger partial charge in [0.1, 0.15) is 24.7 Å². The molecule has 3 atom stereocenters. The van der Waals surface area contributed by atoms with Crippen LogP contribution in [-0.4, -0.2) is 83.7 Å². The fourth-order valence-corrected chi connectivity index (χ4v) is 4.07. The average molecular weight is 676 g/mol. The van der Waals surface area contributed by atoms with Crippen LogP contribution in [0.3, 0.4) is 0 Å². The van der Waals surface area contributed by atoms with Gasteiger partial charge in [-0.3, -0.25) is 35.6 Å². The number of carboxylic acid groups (broad SMARTS) is 1. The summed E-state index contributed by atoms with van der Waals surface area (Å²) in [4.78, 5) is 78.2. The number of nitrogens with zero attached hydrogens (tertiary/aromatic N) is 2. The summed E-state index contributed by atoms with van der Waals surface area (Å²) in [6, 6.07) is 5.93. The standard InChI is InChI=1S/C29H45N9O6.C2H4O2/c1-18(2)13-23(25(40)34-15-21(39)16-35-32)36-27(42)24(14-19(3)4)37-26(41)22(11-8-12-33-28(30)31)38-29(43)44-17-20-9-6-5-7-10-20;1-2(3)4/h5-7,9-10,16,18-19,22-24H,8,11-15,17H2,1-4H3,(H,34,40)(H,36,42)(H,37,41)(H,38,43)(H4,30,31,33);1H3,(H,3,4)/t22-,23-,24-;/m0./s1. The maximum Gasteiger partial charge on any atom is 0.408 e. The van der Waals surface area contributed by atoms with E-state index < -0.39 is 60.2 Å². The van der Waals surface area contributed by atoms with Crippen molar-refractivity contribution in [1.82, 2.24) is 21.3 Å². The smallest absolute Gasteiger partial charge is 0.408 e. The minimum atomic E-state index is -1.08. The summed E-state index contributed by atoms with van der Waals surface area (Å²) in [5, 5.41) is 19.3. The van der Waals surface area contributed by atoms with E-state index in [4.69, 9.17) is 31.6 Å². The number of rotatable bonds is 19.